The average Bonchev–Trinajstić information content (AvgIpc) is 2.77. The molecule has 156 valence electrons. The van der Waals surface area contributed by atoms with Crippen molar-refractivity contribution >= 4 is 44.1 Å². The summed E-state index contributed by atoms with van der Waals surface area (Å²) in [5, 5.41) is 35.1. The molecule has 0 radical (unpaired) electrons. The lowest BCUT2D eigenvalue weighted by atomic mass is 9.78. The molecule has 3 N–H and O–H groups in total. The molecular formula is C27H17IO4. The minimum absolute atomic E-state index is 0.134. The second kappa shape index (κ2) is 7.03. The molecule has 5 aromatic rings. The van der Waals surface area contributed by atoms with Crippen LogP contribution in [0.1, 0.15) is 22.6 Å². The number of halogens is 1. The monoisotopic (exact) mass is 532 g/mol. The van der Waals surface area contributed by atoms with Crippen molar-refractivity contribution in [2.24, 2.45) is 0 Å². The van der Waals surface area contributed by atoms with Crippen LogP contribution in [-0.4, -0.2) is 15.3 Å². The van der Waals surface area contributed by atoms with E-state index in [4.69, 9.17) is 4.74 Å². The Labute approximate surface area is 197 Å². The van der Waals surface area contributed by atoms with Crippen molar-refractivity contribution in [3.63, 3.8) is 0 Å². The molecule has 0 saturated heterocycles. The van der Waals surface area contributed by atoms with Crippen LogP contribution in [-0.2, 0) is 0 Å². The fourth-order valence-corrected chi connectivity index (χ4v) is 5.19. The van der Waals surface area contributed by atoms with Gasteiger partial charge in [-0.2, -0.15) is 0 Å². The van der Waals surface area contributed by atoms with Crippen molar-refractivity contribution < 1.29 is 20.1 Å². The van der Waals surface area contributed by atoms with Crippen molar-refractivity contribution in [3.8, 4) is 28.7 Å². The zero-order valence-corrected chi connectivity index (χ0v) is 18.9. The van der Waals surface area contributed by atoms with Gasteiger partial charge in [0.1, 0.15) is 28.7 Å². The van der Waals surface area contributed by atoms with Crippen molar-refractivity contribution in [2.75, 3.05) is 0 Å². The first-order chi connectivity index (χ1) is 15.5. The van der Waals surface area contributed by atoms with Gasteiger partial charge in [0.05, 0.1) is 0 Å². The predicted octanol–water partition coefficient (Wildman–Crippen LogP) is 7.00. The van der Waals surface area contributed by atoms with Crippen molar-refractivity contribution in [1.29, 1.82) is 0 Å². The van der Waals surface area contributed by atoms with E-state index in [1.54, 1.807) is 30.3 Å². The Morgan fingerprint density at radius 3 is 1.97 bits per heavy atom. The van der Waals surface area contributed by atoms with Gasteiger partial charge in [0.2, 0.25) is 0 Å². The Morgan fingerprint density at radius 2 is 1.25 bits per heavy atom. The zero-order chi connectivity index (χ0) is 22.0. The minimum atomic E-state index is -0.359. The van der Waals surface area contributed by atoms with E-state index in [9.17, 15) is 15.3 Å². The van der Waals surface area contributed by atoms with Crippen LogP contribution in [0.5, 0.6) is 28.7 Å². The molecule has 32 heavy (non-hydrogen) atoms. The van der Waals surface area contributed by atoms with E-state index in [1.807, 2.05) is 48.5 Å². The Kier molecular flexibility index (Phi) is 4.23. The minimum Gasteiger partial charge on any atom is -0.508 e. The third-order valence-corrected chi connectivity index (χ3v) is 6.79. The quantitative estimate of drug-likeness (QED) is 0.200. The van der Waals surface area contributed by atoms with Gasteiger partial charge in [0, 0.05) is 26.2 Å². The highest BCUT2D eigenvalue weighted by molar-refractivity contribution is 14.1. The predicted molar refractivity (Wildman–Crippen MR) is 133 cm³/mol. The molecule has 5 heteroatoms. The van der Waals surface area contributed by atoms with Gasteiger partial charge in [-0.05, 0) is 92.7 Å². The van der Waals surface area contributed by atoms with Gasteiger partial charge < -0.3 is 20.1 Å². The van der Waals surface area contributed by atoms with Gasteiger partial charge in [-0.3, -0.25) is 0 Å². The van der Waals surface area contributed by atoms with Gasteiger partial charge in [-0.25, -0.2) is 0 Å². The Bertz CT molecular complexity index is 1500. The summed E-state index contributed by atoms with van der Waals surface area (Å²) in [7, 11) is 0. The molecule has 0 amide bonds. The van der Waals surface area contributed by atoms with Crippen molar-refractivity contribution in [3.05, 3.63) is 99.1 Å². The zero-order valence-electron chi connectivity index (χ0n) is 16.7. The van der Waals surface area contributed by atoms with E-state index < -0.39 is 0 Å². The molecule has 0 aromatic heterocycles. The SMILES string of the molecule is Oc1ccc2ccc(O)c(C3c4ccc(I)cc4Oc4ccc5ccc(O)cc5c43)c2c1. The van der Waals surface area contributed by atoms with E-state index >= 15 is 0 Å². The van der Waals surface area contributed by atoms with Gasteiger partial charge in [0.25, 0.3) is 0 Å². The fraction of sp³-hybridized carbons (Fsp3) is 0.0370. The molecular weight excluding hydrogens is 515 g/mol. The topological polar surface area (TPSA) is 69.9 Å². The van der Waals surface area contributed by atoms with Crippen LogP contribution in [0.15, 0.2) is 78.9 Å². The Morgan fingerprint density at radius 1 is 0.625 bits per heavy atom. The van der Waals surface area contributed by atoms with E-state index in [0.717, 1.165) is 42.0 Å². The Balaban J connectivity index is 1.78. The third kappa shape index (κ3) is 2.88. The summed E-state index contributed by atoms with van der Waals surface area (Å²) in [6, 6.07) is 23.9. The van der Waals surface area contributed by atoms with E-state index in [-0.39, 0.29) is 23.2 Å². The number of benzene rings is 5. The highest BCUT2D eigenvalue weighted by Gasteiger charge is 2.33. The van der Waals surface area contributed by atoms with Gasteiger partial charge in [-0.1, -0.05) is 30.3 Å². The van der Waals surface area contributed by atoms with Crippen LogP contribution in [0, 0.1) is 3.57 Å². The number of hydrogen-bond acceptors (Lipinski definition) is 4. The lowest BCUT2D eigenvalue weighted by Crippen LogP contribution is -2.13. The maximum Gasteiger partial charge on any atom is 0.132 e. The first-order valence-electron chi connectivity index (χ1n) is 10.2. The molecule has 0 saturated carbocycles. The number of ether oxygens (including phenoxy) is 1. The number of aromatic hydroxyl groups is 3. The molecule has 1 aliphatic heterocycles. The first kappa shape index (κ1) is 19.3. The molecule has 1 atom stereocenters. The molecule has 5 aromatic carbocycles. The smallest absolute Gasteiger partial charge is 0.132 e. The number of hydrogen-bond donors (Lipinski definition) is 3. The van der Waals surface area contributed by atoms with Crippen LogP contribution >= 0.6 is 22.6 Å². The summed E-state index contributed by atoms with van der Waals surface area (Å²) < 4.78 is 7.36. The lowest BCUT2D eigenvalue weighted by molar-refractivity contribution is 0.445. The largest absolute Gasteiger partial charge is 0.508 e. The number of phenolic OH excluding ortho intramolecular Hbond substituents is 3. The third-order valence-electron chi connectivity index (χ3n) is 6.11. The average molecular weight is 532 g/mol. The van der Waals surface area contributed by atoms with Gasteiger partial charge in [0.15, 0.2) is 0 Å². The summed E-state index contributed by atoms with van der Waals surface area (Å²) in [6.45, 7) is 0. The van der Waals surface area contributed by atoms with Crippen LogP contribution in [0.25, 0.3) is 21.5 Å². The molecule has 4 nitrogen and oxygen atoms in total. The second-order valence-electron chi connectivity index (χ2n) is 8.00. The molecule has 0 aliphatic carbocycles. The summed E-state index contributed by atoms with van der Waals surface area (Å²) in [5.41, 5.74) is 2.49. The van der Waals surface area contributed by atoms with Crippen LogP contribution in [0.3, 0.4) is 0 Å². The number of fused-ring (bicyclic) bond motifs is 5. The van der Waals surface area contributed by atoms with Crippen molar-refractivity contribution in [2.45, 2.75) is 5.92 Å². The molecule has 0 spiro atoms. The van der Waals surface area contributed by atoms with E-state index in [0.29, 0.717) is 11.3 Å². The second-order valence-corrected chi connectivity index (χ2v) is 9.25. The highest BCUT2D eigenvalue weighted by atomic mass is 127. The van der Waals surface area contributed by atoms with Gasteiger partial charge >= 0.3 is 0 Å². The molecule has 0 bridgehead atoms. The standard InChI is InChI=1S/C27H17IO4/c28-16-5-8-19-24(11-16)32-23-10-4-15-2-7-18(30)13-21(15)26(23)27(19)25-20-12-17(29)6-1-14(20)3-9-22(25)31/h1-13,27,29-31H. The van der Waals surface area contributed by atoms with Crippen LogP contribution < -0.4 is 4.74 Å². The number of rotatable bonds is 1. The first-order valence-corrected chi connectivity index (χ1v) is 11.2. The maximum atomic E-state index is 11.1. The van der Waals surface area contributed by atoms with Gasteiger partial charge in [-0.15, -0.1) is 0 Å². The van der Waals surface area contributed by atoms with Crippen LogP contribution in [0.4, 0.5) is 0 Å². The normalized spacial score (nSPS) is 14.7. The fourth-order valence-electron chi connectivity index (χ4n) is 4.73. The lowest BCUT2D eigenvalue weighted by Gasteiger charge is -2.31. The highest BCUT2D eigenvalue weighted by Crippen LogP contribution is 2.53. The van der Waals surface area contributed by atoms with E-state index in [2.05, 4.69) is 22.6 Å². The summed E-state index contributed by atoms with van der Waals surface area (Å²) in [5.74, 6) is 1.49. The summed E-state index contributed by atoms with van der Waals surface area (Å²) in [4.78, 5) is 0. The molecule has 1 aliphatic rings. The molecule has 1 unspecified atom stereocenters. The van der Waals surface area contributed by atoms with E-state index in [1.165, 1.54) is 0 Å². The van der Waals surface area contributed by atoms with Crippen molar-refractivity contribution in [1.82, 2.24) is 0 Å². The maximum absolute atomic E-state index is 11.1. The van der Waals surface area contributed by atoms with Crippen LogP contribution in [0.2, 0.25) is 0 Å². The Hall–Kier alpha value is -3.45. The summed E-state index contributed by atoms with van der Waals surface area (Å²) in [6.07, 6.45) is 0. The molecule has 6 rings (SSSR count). The molecule has 0 fully saturated rings. The number of phenols is 3. The molecule has 1 heterocycles. The summed E-state index contributed by atoms with van der Waals surface area (Å²) >= 11 is 2.26.